The van der Waals surface area contributed by atoms with Crippen LogP contribution in [0.25, 0.3) is 0 Å². The fraction of sp³-hybridized carbons (Fsp3) is 0.483. The number of hydrogen-bond acceptors (Lipinski definition) is 5. The minimum Gasteiger partial charge on any atom is -0.456 e. The monoisotopic (exact) mass is 635 g/mol. The molecule has 3 atom stereocenters. The van der Waals surface area contributed by atoms with E-state index in [4.69, 9.17) is 9.47 Å². The summed E-state index contributed by atoms with van der Waals surface area (Å²) in [5.74, 6) is -1.35. The van der Waals surface area contributed by atoms with Crippen molar-refractivity contribution in [2.45, 2.75) is 77.9 Å². The minimum absolute atomic E-state index is 0.0155. The number of halogens is 2. The van der Waals surface area contributed by atoms with Gasteiger partial charge in [0.25, 0.3) is 5.78 Å². The summed E-state index contributed by atoms with van der Waals surface area (Å²) < 4.78 is 12.3. The molecule has 1 aliphatic carbocycles. The zero-order valence-electron chi connectivity index (χ0n) is 22.2. The Bertz CT molecular complexity index is 1160. The molecule has 0 saturated heterocycles. The predicted molar refractivity (Wildman–Crippen MR) is 152 cm³/mol. The van der Waals surface area contributed by atoms with E-state index in [0.717, 1.165) is 12.8 Å². The third-order valence-electron chi connectivity index (χ3n) is 6.86. The van der Waals surface area contributed by atoms with Crippen LogP contribution >= 0.6 is 31.9 Å². The first kappa shape index (κ1) is 29.4. The zero-order chi connectivity index (χ0) is 27.5. The van der Waals surface area contributed by atoms with Gasteiger partial charge in [-0.05, 0) is 78.6 Å². The highest BCUT2D eigenvalue weighted by atomic mass is 79.9. The maximum Gasteiger partial charge on any atom is 0.412 e. The van der Waals surface area contributed by atoms with Crippen molar-refractivity contribution in [2.75, 3.05) is 5.32 Å². The van der Waals surface area contributed by atoms with Gasteiger partial charge in [-0.25, -0.2) is 9.59 Å². The Balaban J connectivity index is 1.87. The number of carbonyl (C=O) groups excluding carboxylic acids is 3. The molecule has 2 aromatic rings. The molecule has 0 heterocycles. The molecule has 0 aromatic heterocycles. The predicted octanol–water partition coefficient (Wildman–Crippen LogP) is 8.07. The summed E-state index contributed by atoms with van der Waals surface area (Å²) in [6, 6.07) is 13.4. The van der Waals surface area contributed by atoms with Gasteiger partial charge in [-0.15, -0.1) is 0 Å². The van der Waals surface area contributed by atoms with E-state index in [2.05, 4.69) is 70.1 Å². The van der Waals surface area contributed by atoms with Gasteiger partial charge in [-0.3, -0.25) is 10.1 Å². The number of nitrogens with one attached hydrogen (secondary N) is 1. The van der Waals surface area contributed by atoms with E-state index < -0.39 is 29.6 Å². The lowest BCUT2D eigenvalue weighted by atomic mass is 9.64. The molecule has 0 unspecified atom stereocenters. The molecule has 1 N–H and O–H groups in total. The van der Waals surface area contributed by atoms with Gasteiger partial charge in [-0.1, -0.05) is 73.5 Å². The average molecular weight is 637 g/mol. The Morgan fingerprint density at radius 1 is 0.973 bits per heavy atom. The number of rotatable bonds is 6. The number of anilines is 1. The lowest BCUT2D eigenvalue weighted by molar-refractivity contribution is -0.150. The number of hydrogen-bond donors (Lipinski definition) is 1. The molecule has 3 rings (SSSR count). The highest BCUT2D eigenvalue weighted by Gasteiger charge is 2.43. The van der Waals surface area contributed by atoms with E-state index in [1.54, 1.807) is 32.9 Å². The normalized spacial score (nSPS) is 20.2. The van der Waals surface area contributed by atoms with Crippen LogP contribution in [0.1, 0.15) is 76.7 Å². The number of benzene rings is 2. The quantitative estimate of drug-likeness (QED) is 0.197. The Hall–Kier alpha value is -2.19. The van der Waals surface area contributed by atoms with E-state index in [-0.39, 0.29) is 22.6 Å². The van der Waals surface area contributed by atoms with Crippen molar-refractivity contribution in [3.63, 3.8) is 0 Å². The summed E-state index contributed by atoms with van der Waals surface area (Å²) in [4.78, 5) is 39.2. The summed E-state index contributed by atoms with van der Waals surface area (Å²) in [6.45, 7) is 11.7. The summed E-state index contributed by atoms with van der Waals surface area (Å²) >= 11 is 6.75. The van der Waals surface area contributed by atoms with Crippen LogP contribution in [-0.4, -0.2) is 29.6 Å². The molecular weight excluding hydrogens is 602 g/mol. The molecule has 0 spiro atoms. The van der Waals surface area contributed by atoms with Crippen LogP contribution < -0.4 is 5.32 Å². The number of amides is 1. The van der Waals surface area contributed by atoms with Crippen LogP contribution in [0.5, 0.6) is 0 Å². The van der Waals surface area contributed by atoms with Crippen LogP contribution in [0.4, 0.5) is 10.5 Å². The van der Waals surface area contributed by atoms with Crippen LogP contribution in [0.3, 0.4) is 0 Å². The largest absolute Gasteiger partial charge is 0.456 e. The zero-order valence-corrected chi connectivity index (χ0v) is 25.4. The van der Waals surface area contributed by atoms with E-state index >= 15 is 0 Å². The van der Waals surface area contributed by atoms with Crippen molar-refractivity contribution >= 4 is 55.4 Å². The van der Waals surface area contributed by atoms with E-state index in [0.29, 0.717) is 21.3 Å². The molecule has 8 heteroatoms. The maximum atomic E-state index is 13.4. The van der Waals surface area contributed by atoms with Crippen molar-refractivity contribution in [1.29, 1.82) is 0 Å². The molecule has 1 aliphatic rings. The lowest BCUT2D eigenvalue weighted by Gasteiger charge is -2.43. The molecule has 2 aromatic carbocycles. The molecule has 0 aliphatic heterocycles. The van der Waals surface area contributed by atoms with E-state index in [1.807, 2.05) is 18.2 Å². The van der Waals surface area contributed by atoms with Crippen LogP contribution in [0, 0.1) is 11.8 Å². The smallest absolute Gasteiger partial charge is 0.412 e. The number of ketones is 1. The van der Waals surface area contributed by atoms with Crippen molar-refractivity contribution in [2.24, 2.45) is 11.8 Å². The van der Waals surface area contributed by atoms with Crippen LogP contribution in [0.2, 0.25) is 0 Å². The van der Waals surface area contributed by atoms with Gasteiger partial charge in [0.1, 0.15) is 11.7 Å². The Morgan fingerprint density at radius 2 is 1.62 bits per heavy atom. The van der Waals surface area contributed by atoms with Gasteiger partial charge >= 0.3 is 12.1 Å². The molecule has 1 amide bonds. The first-order chi connectivity index (χ1) is 17.2. The van der Waals surface area contributed by atoms with Crippen molar-refractivity contribution in [3.8, 4) is 0 Å². The van der Waals surface area contributed by atoms with Gasteiger partial charge in [0.05, 0.1) is 11.3 Å². The molecule has 1 saturated carbocycles. The fourth-order valence-electron chi connectivity index (χ4n) is 4.98. The summed E-state index contributed by atoms with van der Waals surface area (Å²) in [5.41, 5.74) is 0.352. The first-order valence-electron chi connectivity index (χ1n) is 12.5. The van der Waals surface area contributed by atoms with Crippen LogP contribution in [0.15, 0.2) is 51.4 Å². The minimum atomic E-state index is -0.941. The van der Waals surface area contributed by atoms with Gasteiger partial charge in [0.15, 0.2) is 0 Å². The van der Waals surface area contributed by atoms with Crippen LogP contribution in [-0.2, 0) is 19.7 Å². The van der Waals surface area contributed by atoms with E-state index in [9.17, 15) is 14.4 Å². The third-order valence-corrected chi connectivity index (χ3v) is 7.94. The van der Waals surface area contributed by atoms with Gasteiger partial charge in [0.2, 0.25) is 0 Å². The number of carbonyl (C=O) groups is 3. The number of ether oxygens (including phenoxy) is 2. The van der Waals surface area contributed by atoms with Gasteiger partial charge in [-0.2, -0.15) is 0 Å². The highest BCUT2D eigenvalue weighted by Crippen LogP contribution is 2.44. The second-order valence-electron chi connectivity index (χ2n) is 11.3. The second-order valence-corrected chi connectivity index (χ2v) is 13.1. The topological polar surface area (TPSA) is 81.7 Å². The Kier molecular flexibility index (Phi) is 9.27. The van der Waals surface area contributed by atoms with Gasteiger partial charge in [0, 0.05) is 14.9 Å². The SMILES string of the molecule is C[C@@H]1CC[C@@H](C(C)(C)c2ccccc2)[C@H](OC(=O)C(=O)c2c(Br)cc(Br)cc2NC(=O)OC(C)(C)C)C1. The second kappa shape index (κ2) is 11.7. The molecule has 0 radical (unpaired) electrons. The summed E-state index contributed by atoms with van der Waals surface area (Å²) in [6.07, 6.45) is 1.47. The summed E-state index contributed by atoms with van der Waals surface area (Å²) in [7, 11) is 0. The van der Waals surface area contributed by atoms with Crippen molar-refractivity contribution in [3.05, 3.63) is 62.5 Å². The number of Topliss-reactive ketones (excluding diaryl/α,β-unsaturated/α-hetero) is 1. The molecule has 200 valence electrons. The Morgan fingerprint density at radius 3 is 2.24 bits per heavy atom. The fourth-order valence-corrected chi connectivity index (χ4v) is 6.38. The van der Waals surface area contributed by atoms with E-state index in [1.165, 1.54) is 5.56 Å². The highest BCUT2D eigenvalue weighted by molar-refractivity contribution is 9.11. The molecule has 0 bridgehead atoms. The number of esters is 1. The molecule has 37 heavy (non-hydrogen) atoms. The Labute approximate surface area is 236 Å². The molecule has 1 fully saturated rings. The standard InChI is InChI=1S/C29H35Br2NO5/c1-17-12-13-20(29(5,6)18-10-8-7-9-11-18)23(14-17)36-26(34)25(33)24-21(31)15-19(30)16-22(24)32-27(35)37-28(2,3)4/h7-11,15-17,20,23H,12-14H2,1-6H3,(H,32,35)/t17-,20-,23-/m1/s1. The lowest BCUT2D eigenvalue weighted by Crippen LogP contribution is -2.44. The third kappa shape index (κ3) is 7.44. The first-order valence-corrected chi connectivity index (χ1v) is 14.1. The van der Waals surface area contributed by atoms with Crippen molar-refractivity contribution < 1.29 is 23.9 Å². The van der Waals surface area contributed by atoms with Gasteiger partial charge < -0.3 is 9.47 Å². The average Bonchev–Trinajstić information content (AvgIpc) is 2.77. The molecule has 6 nitrogen and oxygen atoms in total. The summed E-state index contributed by atoms with van der Waals surface area (Å²) in [5, 5.41) is 2.60. The van der Waals surface area contributed by atoms with Crippen molar-refractivity contribution in [1.82, 2.24) is 0 Å². The molecular formula is C29H35Br2NO5. The maximum absolute atomic E-state index is 13.4.